The van der Waals surface area contributed by atoms with E-state index in [1.54, 1.807) is 0 Å². The first-order chi connectivity index (χ1) is 6.14. The van der Waals surface area contributed by atoms with Crippen molar-refractivity contribution in [2.45, 2.75) is 0 Å². The fourth-order valence-corrected chi connectivity index (χ4v) is 2.85. The molecule has 78 valence electrons. The van der Waals surface area contributed by atoms with E-state index >= 15 is 0 Å². The van der Waals surface area contributed by atoms with E-state index in [-0.39, 0.29) is 0 Å². The molecule has 0 amide bonds. The average molecular weight is 227 g/mol. The van der Waals surface area contributed by atoms with Crippen molar-refractivity contribution in [2.24, 2.45) is 0 Å². The number of hydrogen-bond donors (Lipinski definition) is 1. The summed E-state index contributed by atoms with van der Waals surface area (Å²) in [5, 5.41) is 0. The van der Waals surface area contributed by atoms with E-state index in [0.29, 0.717) is 19.1 Å². The van der Waals surface area contributed by atoms with Gasteiger partial charge in [-0.25, -0.2) is 4.57 Å². The molecule has 1 aliphatic rings. The molecule has 1 atom stereocenters. The highest BCUT2D eigenvalue weighted by atomic mass is 32.7. The number of rotatable bonds is 4. The summed E-state index contributed by atoms with van der Waals surface area (Å²) in [7, 11) is 1.24. The van der Waals surface area contributed by atoms with Crippen LogP contribution in [0.3, 0.4) is 0 Å². The third kappa shape index (κ3) is 4.44. The monoisotopic (exact) mass is 227 g/mol. The molecule has 0 aliphatic carbocycles. The van der Waals surface area contributed by atoms with Gasteiger partial charge in [0.05, 0.1) is 19.1 Å². The van der Waals surface area contributed by atoms with Crippen molar-refractivity contribution in [1.82, 2.24) is 4.90 Å². The Morgan fingerprint density at radius 2 is 2.23 bits per heavy atom. The average Bonchev–Trinajstić information content (AvgIpc) is 2.17. The van der Waals surface area contributed by atoms with E-state index in [2.05, 4.69) is 9.42 Å². The van der Waals surface area contributed by atoms with Gasteiger partial charge in [0, 0.05) is 20.2 Å². The largest absolute Gasteiger partial charge is 0.387 e. The first-order valence-electron chi connectivity index (χ1n) is 3.97. The molecule has 1 fully saturated rings. The van der Waals surface area contributed by atoms with Crippen molar-refractivity contribution in [1.29, 1.82) is 0 Å². The summed E-state index contributed by atoms with van der Waals surface area (Å²) in [6, 6.07) is 0. The third-order valence-corrected chi connectivity index (χ3v) is 4.78. The smallest absolute Gasteiger partial charge is 0.379 e. The van der Waals surface area contributed by atoms with Crippen LogP contribution in [0.5, 0.6) is 0 Å². The first kappa shape index (κ1) is 11.5. The molecular weight excluding hydrogens is 213 g/mol. The van der Waals surface area contributed by atoms with E-state index in [9.17, 15) is 4.57 Å². The van der Waals surface area contributed by atoms with Gasteiger partial charge in [0.25, 0.3) is 0 Å². The van der Waals surface area contributed by atoms with Gasteiger partial charge in [0.15, 0.2) is 0 Å². The van der Waals surface area contributed by atoms with Crippen molar-refractivity contribution in [3.63, 3.8) is 0 Å². The van der Waals surface area contributed by atoms with Crippen LogP contribution in [0.2, 0.25) is 0 Å². The number of ether oxygens (including phenoxy) is 1. The molecule has 0 saturated carbocycles. The third-order valence-electron chi connectivity index (χ3n) is 1.74. The van der Waals surface area contributed by atoms with Gasteiger partial charge < -0.3 is 14.2 Å². The van der Waals surface area contributed by atoms with Gasteiger partial charge in [-0.15, -0.1) is 0 Å². The molecule has 1 aliphatic heterocycles. The quantitative estimate of drug-likeness (QED) is 0.715. The van der Waals surface area contributed by atoms with Gasteiger partial charge in [0.1, 0.15) is 0 Å². The second-order valence-electron chi connectivity index (χ2n) is 2.64. The molecule has 1 unspecified atom stereocenters. The van der Waals surface area contributed by atoms with E-state index < -0.39 is 6.80 Å². The van der Waals surface area contributed by atoms with Crippen molar-refractivity contribution in [3.05, 3.63) is 0 Å². The number of hydrogen-bond acceptors (Lipinski definition) is 5. The summed E-state index contributed by atoms with van der Waals surface area (Å²) in [5.41, 5.74) is 0. The predicted molar refractivity (Wildman–Crippen MR) is 51.7 cm³/mol. The highest BCUT2D eigenvalue weighted by molar-refractivity contribution is 8.54. The van der Waals surface area contributed by atoms with Crippen molar-refractivity contribution in [3.8, 4) is 0 Å². The lowest BCUT2D eigenvalue weighted by molar-refractivity contribution is 0.0474. The zero-order valence-electron chi connectivity index (χ0n) is 7.51. The van der Waals surface area contributed by atoms with E-state index in [1.165, 1.54) is 7.11 Å². The summed E-state index contributed by atoms with van der Waals surface area (Å²) in [4.78, 5) is 11.2. The van der Waals surface area contributed by atoms with E-state index in [4.69, 9.17) is 9.63 Å². The van der Waals surface area contributed by atoms with Crippen molar-refractivity contribution < 1.29 is 18.7 Å². The van der Waals surface area contributed by atoms with Crippen LogP contribution in [-0.2, 0) is 13.8 Å². The van der Waals surface area contributed by atoms with Gasteiger partial charge in [0.2, 0.25) is 0 Å². The van der Waals surface area contributed by atoms with Crippen LogP contribution in [-0.4, -0.2) is 49.1 Å². The van der Waals surface area contributed by atoms with E-state index in [0.717, 1.165) is 24.5 Å². The molecule has 0 aromatic heterocycles. The van der Waals surface area contributed by atoms with Crippen molar-refractivity contribution in [2.75, 3.05) is 39.3 Å². The van der Waals surface area contributed by atoms with E-state index in [1.807, 2.05) is 0 Å². The summed E-state index contributed by atoms with van der Waals surface area (Å²) >= 11 is 0.944. The fourth-order valence-electron chi connectivity index (χ4n) is 0.938. The molecule has 0 aromatic carbocycles. The Kier molecular flexibility index (Phi) is 4.72. The molecule has 1 N–H and O–H groups in total. The van der Waals surface area contributed by atoms with Gasteiger partial charge in [-0.1, -0.05) is 0 Å². The Labute approximate surface area is 81.7 Å². The predicted octanol–water partition coefficient (Wildman–Crippen LogP) is 0.756. The van der Waals surface area contributed by atoms with Crippen LogP contribution in [0, 0.1) is 0 Å². The fraction of sp³-hybridized carbons (Fsp3) is 1.00. The zero-order valence-corrected chi connectivity index (χ0v) is 9.22. The summed E-state index contributed by atoms with van der Waals surface area (Å²) < 4.78 is 20.7. The molecule has 5 nitrogen and oxygen atoms in total. The first-order valence-corrected chi connectivity index (χ1v) is 7.14. The molecule has 7 heteroatoms. The van der Waals surface area contributed by atoms with Crippen LogP contribution in [0.15, 0.2) is 0 Å². The SMILES string of the molecule is COP(=O)(O)SCN1CCOCC1. The molecule has 1 saturated heterocycles. The molecule has 13 heavy (non-hydrogen) atoms. The Hall–Kier alpha value is 0.420. The maximum atomic E-state index is 11.1. The lowest BCUT2D eigenvalue weighted by atomic mass is 10.5. The number of morpholine rings is 1. The second-order valence-corrected chi connectivity index (χ2v) is 6.62. The minimum atomic E-state index is -3.41. The molecule has 0 spiro atoms. The van der Waals surface area contributed by atoms with Crippen LogP contribution < -0.4 is 0 Å². The minimum absolute atomic E-state index is 0.519. The maximum Gasteiger partial charge on any atom is 0.387 e. The number of nitrogens with zero attached hydrogens (tertiary/aromatic N) is 1. The van der Waals surface area contributed by atoms with Crippen LogP contribution in [0.25, 0.3) is 0 Å². The highest BCUT2D eigenvalue weighted by Gasteiger charge is 2.20. The molecule has 0 radical (unpaired) electrons. The Balaban J connectivity index is 2.21. The Morgan fingerprint density at radius 1 is 1.62 bits per heavy atom. The standard InChI is InChI=1S/C6H14NO4PS/c1-10-12(8,9)13-6-7-2-4-11-5-3-7/h2-6H2,1H3,(H,8,9). The normalized spacial score (nSPS) is 24.2. The summed E-state index contributed by atoms with van der Waals surface area (Å²) in [5.74, 6) is 0.519. The molecular formula is C6H14NO4PS. The Morgan fingerprint density at radius 3 is 2.77 bits per heavy atom. The van der Waals surface area contributed by atoms with Gasteiger partial charge in [-0.3, -0.25) is 4.90 Å². The molecule has 1 heterocycles. The van der Waals surface area contributed by atoms with Crippen LogP contribution >= 0.6 is 18.2 Å². The molecule has 0 bridgehead atoms. The van der Waals surface area contributed by atoms with Gasteiger partial charge in [-0.2, -0.15) is 0 Å². The van der Waals surface area contributed by atoms with Crippen molar-refractivity contribution >= 4 is 18.2 Å². The second kappa shape index (κ2) is 5.34. The van der Waals surface area contributed by atoms with Gasteiger partial charge >= 0.3 is 6.80 Å². The van der Waals surface area contributed by atoms with Gasteiger partial charge in [-0.05, 0) is 11.4 Å². The topological polar surface area (TPSA) is 59.0 Å². The highest BCUT2D eigenvalue weighted by Crippen LogP contribution is 2.54. The maximum absolute atomic E-state index is 11.1. The summed E-state index contributed by atoms with van der Waals surface area (Å²) in [6.45, 7) is -0.378. The molecule has 1 rings (SSSR count). The summed E-state index contributed by atoms with van der Waals surface area (Å²) in [6.07, 6.45) is 0. The van der Waals surface area contributed by atoms with Crippen LogP contribution in [0.1, 0.15) is 0 Å². The zero-order chi connectivity index (χ0) is 9.73. The molecule has 0 aromatic rings. The minimum Gasteiger partial charge on any atom is -0.379 e. The van der Waals surface area contributed by atoms with Crippen LogP contribution in [0.4, 0.5) is 0 Å². The Bertz CT molecular complexity index is 197. The lowest BCUT2D eigenvalue weighted by Crippen LogP contribution is -2.35. The lowest BCUT2D eigenvalue weighted by Gasteiger charge is -2.26.